The van der Waals surface area contributed by atoms with Gasteiger partial charge in [0, 0.05) is 12.8 Å². The standard InChI is InChI=1S/C18H18FN3O3/c1-2-25-16-10-12(16)17(23)22-15-9-11(19)6-7-13(15)21-18(24)14-5-3-4-8-20-14/h3-9,12,16H,2,10H2,1H3,(H,21,24)(H,22,23). The molecule has 2 atom stereocenters. The number of carbonyl (C=O) groups excluding carboxylic acids is 2. The molecule has 2 amide bonds. The van der Waals surface area contributed by atoms with E-state index >= 15 is 0 Å². The molecule has 3 rings (SSSR count). The zero-order chi connectivity index (χ0) is 17.8. The van der Waals surface area contributed by atoms with Crippen LogP contribution in [0.3, 0.4) is 0 Å². The number of hydrogen-bond donors (Lipinski definition) is 2. The predicted octanol–water partition coefficient (Wildman–Crippen LogP) is 2.84. The van der Waals surface area contributed by atoms with Crippen molar-refractivity contribution in [3.8, 4) is 0 Å². The number of nitrogens with zero attached hydrogens (tertiary/aromatic N) is 1. The zero-order valence-electron chi connectivity index (χ0n) is 13.7. The van der Waals surface area contributed by atoms with Crippen molar-refractivity contribution in [3.05, 3.63) is 54.1 Å². The Morgan fingerprint density at radius 3 is 2.80 bits per heavy atom. The Kier molecular flexibility index (Phi) is 5.04. The molecule has 7 heteroatoms. The normalized spacial score (nSPS) is 18.5. The van der Waals surface area contributed by atoms with E-state index in [0.717, 1.165) is 0 Å². The molecular formula is C18H18FN3O3. The van der Waals surface area contributed by atoms with Crippen molar-refractivity contribution in [2.75, 3.05) is 17.2 Å². The topological polar surface area (TPSA) is 80.3 Å². The van der Waals surface area contributed by atoms with Crippen molar-refractivity contribution in [2.45, 2.75) is 19.4 Å². The average molecular weight is 343 g/mol. The van der Waals surface area contributed by atoms with E-state index in [1.165, 1.54) is 24.4 Å². The van der Waals surface area contributed by atoms with Gasteiger partial charge in [-0.15, -0.1) is 0 Å². The molecule has 1 aliphatic rings. The minimum atomic E-state index is -0.511. The Labute approximate surface area is 144 Å². The number of amides is 2. The molecule has 2 unspecified atom stereocenters. The Balaban J connectivity index is 1.72. The second-order valence-corrected chi connectivity index (χ2v) is 5.68. The highest BCUT2D eigenvalue weighted by atomic mass is 19.1. The number of benzene rings is 1. The van der Waals surface area contributed by atoms with Crippen molar-refractivity contribution in [2.24, 2.45) is 5.92 Å². The molecular weight excluding hydrogens is 325 g/mol. The van der Waals surface area contributed by atoms with Gasteiger partial charge in [0.1, 0.15) is 11.5 Å². The van der Waals surface area contributed by atoms with Crippen LogP contribution in [0.15, 0.2) is 42.6 Å². The van der Waals surface area contributed by atoms with Gasteiger partial charge in [-0.25, -0.2) is 4.39 Å². The van der Waals surface area contributed by atoms with Gasteiger partial charge < -0.3 is 15.4 Å². The van der Waals surface area contributed by atoms with Crippen molar-refractivity contribution < 1.29 is 18.7 Å². The lowest BCUT2D eigenvalue weighted by molar-refractivity contribution is -0.118. The highest BCUT2D eigenvalue weighted by Gasteiger charge is 2.44. The number of hydrogen-bond acceptors (Lipinski definition) is 4. The Morgan fingerprint density at radius 2 is 2.08 bits per heavy atom. The summed E-state index contributed by atoms with van der Waals surface area (Å²) in [5.74, 6) is -1.45. The molecule has 2 N–H and O–H groups in total. The van der Waals surface area contributed by atoms with Gasteiger partial charge >= 0.3 is 0 Å². The number of ether oxygens (including phenoxy) is 1. The van der Waals surface area contributed by atoms with Crippen LogP contribution in [-0.4, -0.2) is 29.5 Å². The molecule has 6 nitrogen and oxygen atoms in total. The van der Waals surface area contributed by atoms with E-state index in [2.05, 4.69) is 15.6 Å². The molecule has 0 spiro atoms. The first-order valence-electron chi connectivity index (χ1n) is 8.03. The predicted molar refractivity (Wildman–Crippen MR) is 90.7 cm³/mol. The third-order valence-electron chi connectivity index (χ3n) is 3.83. The summed E-state index contributed by atoms with van der Waals surface area (Å²) in [6.07, 6.45) is 2.05. The third-order valence-corrected chi connectivity index (χ3v) is 3.83. The number of halogens is 1. The number of carbonyl (C=O) groups is 2. The molecule has 0 aliphatic heterocycles. The van der Waals surface area contributed by atoms with E-state index in [-0.39, 0.29) is 29.3 Å². The van der Waals surface area contributed by atoms with E-state index in [1.54, 1.807) is 18.2 Å². The third kappa shape index (κ3) is 4.19. The van der Waals surface area contributed by atoms with E-state index in [0.29, 0.717) is 18.7 Å². The zero-order valence-corrected chi connectivity index (χ0v) is 13.7. The fourth-order valence-corrected chi connectivity index (χ4v) is 2.48. The minimum Gasteiger partial charge on any atom is -0.378 e. The SMILES string of the molecule is CCOC1CC1C(=O)Nc1cc(F)ccc1NC(=O)c1ccccn1. The summed E-state index contributed by atoms with van der Waals surface area (Å²) in [5, 5.41) is 5.31. The number of rotatable bonds is 6. The highest BCUT2D eigenvalue weighted by Crippen LogP contribution is 2.35. The first-order chi connectivity index (χ1) is 12.1. The lowest BCUT2D eigenvalue weighted by Crippen LogP contribution is -2.20. The molecule has 1 aromatic carbocycles. The molecule has 1 aromatic heterocycles. The summed E-state index contributed by atoms with van der Waals surface area (Å²) in [7, 11) is 0. The molecule has 2 aromatic rings. The number of pyridine rings is 1. The highest BCUT2D eigenvalue weighted by molar-refractivity contribution is 6.06. The van der Waals surface area contributed by atoms with Crippen LogP contribution in [0, 0.1) is 11.7 Å². The molecule has 1 fully saturated rings. The van der Waals surface area contributed by atoms with Gasteiger partial charge in [-0.1, -0.05) is 6.07 Å². The van der Waals surface area contributed by atoms with Gasteiger partial charge in [0.15, 0.2) is 0 Å². The molecule has 1 saturated carbocycles. The summed E-state index contributed by atoms with van der Waals surface area (Å²) in [5.41, 5.74) is 0.734. The quantitative estimate of drug-likeness (QED) is 0.845. The summed E-state index contributed by atoms with van der Waals surface area (Å²) in [4.78, 5) is 28.4. The molecule has 0 bridgehead atoms. The van der Waals surface area contributed by atoms with Gasteiger partial charge in [-0.05, 0) is 43.7 Å². The minimum absolute atomic E-state index is 0.0925. The molecule has 130 valence electrons. The van der Waals surface area contributed by atoms with Crippen molar-refractivity contribution >= 4 is 23.2 Å². The largest absolute Gasteiger partial charge is 0.378 e. The molecule has 1 heterocycles. The van der Waals surface area contributed by atoms with E-state index < -0.39 is 11.7 Å². The van der Waals surface area contributed by atoms with Crippen LogP contribution in [0.5, 0.6) is 0 Å². The van der Waals surface area contributed by atoms with E-state index in [4.69, 9.17) is 4.74 Å². The van der Waals surface area contributed by atoms with Crippen molar-refractivity contribution in [1.82, 2.24) is 4.98 Å². The first kappa shape index (κ1) is 17.0. The van der Waals surface area contributed by atoms with Crippen LogP contribution in [0.25, 0.3) is 0 Å². The van der Waals surface area contributed by atoms with E-state index in [1.807, 2.05) is 6.92 Å². The maximum Gasteiger partial charge on any atom is 0.274 e. The lowest BCUT2D eigenvalue weighted by Gasteiger charge is -2.12. The fourth-order valence-electron chi connectivity index (χ4n) is 2.48. The molecule has 1 aliphatic carbocycles. The van der Waals surface area contributed by atoms with Crippen LogP contribution in [0.1, 0.15) is 23.8 Å². The maximum absolute atomic E-state index is 13.6. The number of nitrogens with one attached hydrogen (secondary N) is 2. The van der Waals surface area contributed by atoms with Gasteiger partial charge in [-0.2, -0.15) is 0 Å². The molecule has 0 radical (unpaired) electrons. The van der Waals surface area contributed by atoms with Crippen LogP contribution >= 0.6 is 0 Å². The summed E-state index contributed by atoms with van der Waals surface area (Å²) < 4.78 is 19.0. The van der Waals surface area contributed by atoms with Gasteiger partial charge in [0.2, 0.25) is 5.91 Å². The number of aromatic nitrogens is 1. The van der Waals surface area contributed by atoms with Crippen LogP contribution in [0.4, 0.5) is 15.8 Å². The van der Waals surface area contributed by atoms with Crippen LogP contribution in [0.2, 0.25) is 0 Å². The van der Waals surface area contributed by atoms with E-state index in [9.17, 15) is 14.0 Å². The van der Waals surface area contributed by atoms with Crippen molar-refractivity contribution in [3.63, 3.8) is 0 Å². The first-order valence-corrected chi connectivity index (χ1v) is 8.03. The van der Waals surface area contributed by atoms with Crippen molar-refractivity contribution in [1.29, 1.82) is 0 Å². The van der Waals surface area contributed by atoms with Crippen LogP contribution in [-0.2, 0) is 9.53 Å². The number of anilines is 2. The maximum atomic E-state index is 13.6. The smallest absolute Gasteiger partial charge is 0.274 e. The lowest BCUT2D eigenvalue weighted by atomic mass is 10.2. The summed E-state index contributed by atoms with van der Waals surface area (Å²) in [6, 6.07) is 8.74. The van der Waals surface area contributed by atoms with Gasteiger partial charge in [-0.3, -0.25) is 14.6 Å². The van der Waals surface area contributed by atoms with Crippen LogP contribution < -0.4 is 10.6 Å². The second kappa shape index (κ2) is 7.40. The average Bonchev–Trinajstić information content (AvgIpc) is 3.38. The van der Waals surface area contributed by atoms with Gasteiger partial charge in [0.05, 0.1) is 23.4 Å². The fraction of sp³-hybridized carbons (Fsp3) is 0.278. The Bertz CT molecular complexity index is 782. The molecule has 0 saturated heterocycles. The monoisotopic (exact) mass is 343 g/mol. The molecule has 25 heavy (non-hydrogen) atoms. The summed E-state index contributed by atoms with van der Waals surface area (Å²) >= 11 is 0. The second-order valence-electron chi connectivity index (χ2n) is 5.68. The van der Waals surface area contributed by atoms with Gasteiger partial charge in [0.25, 0.3) is 5.91 Å². The Hall–Kier alpha value is -2.80. The summed E-state index contributed by atoms with van der Waals surface area (Å²) in [6.45, 7) is 2.41. The Morgan fingerprint density at radius 1 is 1.24 bits per heavy atom.